The Kier molecular flexibility index (Phi) is 5.65. The molecule has 35 heavy (non-hydrogen) atoms. The monoisotopic (exact) mass is 475 g/mol. The molecule has 3 heterocycles. The van der Waals surface area contributed by atoms with Crippen molar-refractivity contribution in [3.05, 3.63) is 76.2 Å². The number of nitrogens with one attached hydrogen (secondary N) is 1. The summed E-state index contributed by atoms with van der Waals surface area (Å²) in [5, 5.41) is 7.32. The Morgan fingerprint density at radius 1 is 1.14 bits per heavy atom. The first kappa shape index (κ1) is 22.5. The second kappa shape index (κ2) is 8.80. The highest BCUT2D eigenvalue weighted by molar-refractivity contribution is 6.13. The molecule has 0 spiro atoms. The molecule has 0 aliphatic rings. The molecule has 0 atom stereocenters. The number of hydrogen-bond acceptors (Lipinski definition) is 7. The molecular weight excluding hydrogens is 453 g/mol. The van der Waals surface area contributed by atoms with Crippen molar-refractivity contribution in [2.24, 2.45) is 0 Å². The van der Waals surface area contributed by atoms with Crippen molar-refractivity contribution in [2.75, 3.05) is 26.0 Å². The van der Waals surface area contributed by atoms with E-state index in [1.807, 2.05) is 19.0 Å². The molecule has 0 saturated heterocycles. The predicted octanol–water partition coefficient (Wildman–Crippen LogP) is 4.06. The van der Waals surface area contributed by atoms with Crippen LogP contribution in [0.3, 0.4) is 0 Å². The lowest BCUT2D eigenvalue weighted by atomic mass is 10.0. The van der Waals surface area contributed by atoms with E-state index in [0.717, 1.165) is 0 Å². The number of pyridine rings is 1. The molecule has 2 aromatic carbocycles. The van der Waals surface area contributed by atoms with Crippen LogP contribution in [0.15, 0.2) is 62.3 Å². The number of carbonyl (C=O) groups is 1. The number of nitrogens with zero attached hydrogens (tertiary/aromatic N) is 4. The molecular formula is C25H22FN5O4. The van der Waals surface area contributed by atoms with Gasteiger partial charge in [-0.15, -0.1) is 0 Å². The summed E-state index contributed by atoms with van der Waals surface area (Å²) in [5.41, 5.74) is 3.62. The largest absolute Gasteiger partial charge is 0.419 e. The van der Waals surface area contributed by atoms with Crippen molar-refractivity contribution in [3.8, 4) is 11.3 Å². The fourth-order valence-corrected chi connectivity index (χ4v) is 3.89. The van der Waals surface area contributed by atoms with Crippen LogP contribution in [0.4, 0.5) is 10.1 Å². The fourth-order valence-electron chi connectivity index (χ4n) is 3.89. The summed E-state index contributed by atoms with van der Waals surface area (Å²) in [6.07, 6.45) is 0. The Labute approximate surface area is 198 Å². The molecule has 0 radical (unpaired) electrons. The fraction of sp³-hybridized carbons (Fsp3) is 0.200. The summed E-state index contributed by atoms with van der Waals surface area (Å²) in [7, 11) is 3.84. The number of aromatic nitrogens is 3. The van der Waals surface area contributed by atoms with Gasteiger partial charge in [0.1, 0.15) is 5.82 Å². The van der Waals surface area contributed by atoms with Gasteiger partial charge >= 0.3 is 5.76 Å². The predicted molar refractivity (Wildman–Crippen MR) is 129 cm³/mol. The molecule has 0 bridgehead atoms. The highest BCUT2D eigenvalue weighted by Gasteiger charge is 2.20. The second-order valence-corrected chi connectivity index (χ2v) is 8.47. The van der Waals surface area contributed by atoms with Crippen molar-refractivity contribution < 1.29 is 18.1 Å². The highest BCUT2D eigenvalue weighted by Crippen LogP contribution is 2.28. The first-order chi connectivity index (χ1) is 16.8. The first-order valence-corrected chi connectivity index (χ1v) is 10.9. The van der Waals surface area contributed by atoms with E-state index in [1.165, 1.54) is 16.7 Å². The molecule has 5 aromatic rings. The number of fused-ring (bicyclic) bond motifs is 2. The minimum atomic E-state index is -0.454. The molecule has 0 aliphatic carbocycles. The Morgan fingerprint density at radius 2 is 1.91 bits per heavy atom. The lowest BCUT2D eigenvalue weighted by molar-refractivity contribution is 0.102. The topological polar surface area (TPSA) is 106 Å². The van der Waals surface area contributed by atoms with Crippen molar-refractivity contribution in [2.45, 2.75) is 13.5 Å². The number of aryl methyl sites for hydroxylation is 1. The van der Waals surface area contributed by atoms with Gasteiger partial charge in [-0.2, -0.15) is 0 Å². The van der Waals surface area contributed by atoms with E-state index >= 15 is 0 Å². The van der Waals surface area contributed by atoms with Crippen LogP contribution in [0, 0.1) is 12.7 Å². The van der Waals surface area contributed by atoms with Gasteiger partial charge in [0.2, 0.25) is 0 Å². The molecule has 3 aromatic heterocycles. The Hall–Kier alpha value is -4.31. The van der Waals surface area contributed by atoms with E-state index < -0.39 is 11.7 Å². The summed E-state index contributed by atoms with van der Waals surface area (Å²) in [6.45, 7) is 2.82. The third-order valence-electron chi connectivity index (χ3n) is 5.70. The van der Waals surface area contributed by atoms with E-state index in [9.17, 15) is 14.0 Å². The number of halogens is 1. The van der Waals surface area contributed by atoms with E-state index in [1.54, 1.807) is 43.3 Å². The lowest BCUT2D eigenvalue weighted by Gasteiger charge is -2.10. The van der Waals surface area contributed by atoms with Crippen molar-refractivity contribution >= 4 is 33.8 Å². The van der Waals surface area contributed by atoms with Gasteiger partial charge in [0, 0.05) is 24.3 Å². The summed E-state index contributed by atoms with van der Waals surface area (Å²) >= 11 is 0. The normalized spacial score (nSPS) is 11.6. The summed E-state index contributed by atoms with van der Waals surface area (Å²) in [5.74, 6) is -1.23. The molecule has 0 fully saturated rings. The molecule has 9 nitrogen and oxygen atoms in total. The quantitative estimate of drug-likeness (QED) is 0.395. The molecule has 0 saturated carbocycles. The van der Waals surface area contributed by atoms with E-state index in [-0.39, 0.29) is 11.5 Å². The van der Waals surface area contributed by atoms with Crippen LogP contribution in [-0.4, -0.2) is 46.2 Å². The minimum Gasteiger partial charge on any atom is -0.408 e. The van der Waals surface area contributed by atoms with Gasteiger partial charge < -0.3 is 19.2 Å². The summed E-state index contributed by atoms with van der Waals surface area (Å²) in [4.78, 5) is 32.1. The third-order valence-corrected chi connectivity index (χ3v) is 5.70. The highest BCUT2D eigenvalue weighted by atomic mass is 19.1. The van der Waals surface area contributed by atoms with Crippen LogP contribution >= 0.6 is 0 Å². The molecule has 1 N–H and O–H groups in total. The maximum Gasteiger partial charge on any atom is 0.419 e. The SMILES string of the molecule is Cc1noc2nc(-c3ccc(F)cc3)cc(C(=O)Nc3ccc4oc(=O)n(CCN(C)C)c4c3)c12. The molecule has 0 aliphatic heterocycles. The summed E-state index contributed by atoms with van der Waals surface area (Å²) < 4.78 is 25.6. The smallest absolute Gasteiger partial charge is 0.408 e. The van der Waals surface area contributed by atoms with Crippen LogP contribution in [0.1, 0.15) is 16.1 Å². The number of oxazole rings is 1. The molecule has 0 unspecified atom stereocenters. The molecule has 5 rings (SSSR count). The van der Waals surface area contributed by atoms with Gasteiger partial charge in [-0.05, 0) is 69.6 Å². The zero-order valence-electron chi connectivity index (χ0n) is 19.3. The maximum atomic E-state index is 13.4. The summed E-state index contributed by atoms with van der Waals surface area (Å²) in [6, 6.07) is 12.4. The van der Waals surface area contributed by atoms with Gasteiger partial charge in [-0.25, -0.2) is 14.2 Å². The van der Waals surface area contributed by atoms with Gasteiger partial charge in [0.25, 0.3) is 11.6 Å². The van der Waals surface area contributed by atoms with Crippen LogP contribution < -0.4 is 11.1 Å². The zero-order valence-corrected chi connectivity index (χ0v) is 19.3. The maximum absolute atomic E-state index is 13.4. The van der Waals surface area contributed by atoms with Crippen molar-refractivity contribution in [3.63, 3.8) is 0 Å². The van der Waals surface area contributed by atoms with Crippen molar-refractivity contribution in [1.29, 1.82) is 0 Å². The average molecular weight is 475 g/mol. The Balaban J connectivity index is 1.53. The number of benzene rings is 2. The van der Waals surface area contributed by atoms with E-state index in [4.69, 9.17) is 8.94 Å². The average Bonchev–Trinajstić information content (AvgIpc) is 3.36. The molecule has 10 heteroatoms. The molecule has 178 valence electrons. The minimum absolute atomic E-state index is 0.206. The van der Waals surface area contributed by atoms with E-state index in [2.05, 4.69) is 15.5 Å². The number of amides is 1. The molecule has 1 amide bonds. The number of carbonyl (C=O) groups excluding carboxylic acids is 1. The number of hydrogen-bond donors (Lipinski definition) is 1. The van der Waals surface area contributed by atoms with Crippen LogP contribution in [-0.2, 0) is 6.54 Å². The van der Waals surface area contributed by atoms with Gasteiger partial charge in [0.15, 0.2) is 5.58 Å². The van der Waals surface area contributed by atoms with Crippen LogP contribution in [0.2, 0.25) is 0 Å². The lowest BCUT2D eigenvalue weighted by Crippen LogP contribution is -2.23. The second-order valence-electron chi connectivity index (χ2n) is 8.47. The Morgan fingerprint density at radius 3 is 2.66 bits per heavy atom. The number of likely N-dealkylation sites (N-methyl/N-ethyl adjacent to an activating group) is 1. The first-order valence-electron chi connectivity index (χ1n) is 10.9. The van der Waals surface area contributed by atoms with Gasteiger partial charge in [-0.3, -0.25) is 9.36 Å². The van der Waals surface area contributed by atoms with Gasteiger partial charge in [-0.1, -0.05) is 5.16 Å². The van der Waals surface area contributed by atoms with Gasteiger partial charge in [0.05, 0.1) is 27.9 Å². The third kappa shape index (κ3) is 4.31. The Bertz CT molecular complexity index is 1620. The van der Waals surface area contributed by atoms with E-state index in [0.29, 0.717) is 57.8 Å². The van der Waals surface area contributed by atoms with Crippen LogP contribution in [0.5, 0.6) is 0 Å². The van der Waals surface area contributed by atoms with Crippen molar-refractivity contribution in [1.82, 2.24) is 19.6 Å². The standard InChI is InChI=1S/C25H22FN5O4/c1-14-22-18(13-19(28-24(22)35-29-14)15-4-6-16(26)7-5-15)23(32)27-17-8-9-21-20(12-17)31(25(33)34-21)11-10-30(2)3/h4-9,12-13H,10-11H2,1-3H3,(H,27,32). The number of anilines is 1. The number of rotatable bonds is 6. The zero-order chi connectivity index (χ0) is 24.7. The van der Waals surface area contributed by atoms with Crippen LogP contribution in [0.25, 0.3) is 33.5 Å².